The van der Waals surface area contributed by atoms with Crippen LogP contribution in [0.3, 0.4) is 0 Å². The number of hydrogen-bond acceptors (Lipinski definition) is 3. The number of piperidine rings is 1. The number of carbonyl (C=O) groups excluding carboxylic acids is 1. The van der Waals surface area contributed by atoms with Crippen molar-refractivity contribution in [1.82, 2.24) is 14.5 Å². The van der Waals surface area contributed by atoms with Gasteiger partial charge in [-0.1, -0.05) is 48.5 Å². The second-order valence-electron chi connectivity index (χ2n) is 7.38. The number of para-hydroxylation sites is 1. The zero-order valence-corrected chi connectivity index (χ0v) is 15.9. The third-order valence-corrected chi connectivity index (χ3v) is 5.42. The molecule has 1 N–H and O–H groups in total. The van der Waals surface area contributed by atoms with E-state index in [1.807, 2.05) is 41.6 Å². The minimum absolute atomic E-state index is 0.0624. The van der Waals surface area contributed by atoms with Gasteiger partial charge in [0.05, 0.1) is 6.42 Å². The van der Waals surface area contributed by atoms with E-state index in [2.05, 4.69) is 21.7 Å². The monoisotopic (exact) mass is 375 g/mol. The topological polar surface area (TPSA) is 58.4 Å². The van der Waals surface area contributed by atoms with E-state index >= 15 is 0 Å². The number of amides is 1. The largest absolute Gasteiger partial charge is 0.508 e. The molecule has 0 unspecified atom stereocenters. The molecule has 1 fully saturated rings. The Hall–Kier alpha value is -3.08. The number of carbonyl (C=O) groups is 1. The van der Waals surface area contributed by atoms with E-state index in [4.69, 9.17) is 0 Å². The number of phenols is 1. The first-order valence-electron chi connectivity index (χ1n) is 9.80. The van der Waals surface area contributed by atoms with Gasteiger partial charge in [-0.2, -0.15) is 0 Å². The maximum atomic E-state index is 12.8. The molecule has 0 saturated carbocycles. The molecule has 28 heavy (non-hydrogen) atoms. The van der Waals surface area contributed by atoms with Crippen LogP contribution in [0.1, 0.15) is 35.7 Å². The van der Waals surface area contributed by atoms with Crippen molar-refractivity contribution < 1.29 is 9.90 Å². The average Bonchev–Trinajstić information content (AvgIpc) is 3.19. The van der Waals surface area contributed by atoms with Gasteiger partial charge in [0.2, 0.25) is 5.91 Å². The van der Waals surface area contributed by atoms with E-state index in [-0.39, 0.29) is 24.0 Å². The van der Waals surface area contributed by atoms with Gasteiger partial charge in [0.15, 0.2) is 0 Å². The number of phenolic OH excluding ortho intramolecular Hbond substituents is 1. The molecule has 5 heteroatoms. The van der Waals surface area contributed by atoms with Crippen molar-refractivity contribution in [1.29, 1.82) is 0 Å². The quantitative estimate of drug-likeness (QED) is 0.741. The Bertz CT molecular complexity index is 936. The predicted molar refractivity (Wildman–Crippen MR) is 108 cm³/mol. The first kappa shape index (κ1) is 18.3. The SMILES string of the molecule is O=C(Cc1ccccc1O)N1CCC[C@H](c2nccn2Cc2ccccc2)C1. The van der Waals surface area contributed by atoms with E-state index < -0.39 is 0 Å². The fourth-order valence-electron chi connectivity index (χ4n) is 3.94. The maximum absolute atomic E-state index is 12.8. The van der Waals surface area contributed by atoms with Crippen molar-refractivity contribution in [3.8, 4) is 5.75 Å². The number of rotatable bonds is 5. The number of aromatic hydroxyl groups is 1. The summed E-state index contributed by atoms with van der Waals surface area (Å²) in [5.41, 5.74) is 1.92. The molecule has 1 aliphatic heterocycles. The van der Waals surface area contributed by atoms with Crippen LogP contribution in [0.2, 0.25) is 0 Å². The van der Waals surface area contributed by atoms with Crippen LogP contribution in [0.5, 0.6) is 5.75 Å². The molecule has 4 rings (SSSR count). The lowest BCUT2D eigenvalue weighted by Crippen LogP contribution is -2.40. The molecular weight excluding hydrogens is 350 g/mol. The Kier molecular flexibility index (Phi) is 5.42. The van der Waals surface area contributed by atoms with Crippen molar-refractivity contribution in [2.24, 2.45) is 0 Å². The summed E-state index contributed by atoms with van der Waals surface area (Å²) in [6.07, 6.45) is 6.10. The van der Waals surface area contributed by atoms with Gasteiger partial charge in [0, 0.05) is 43.5 Å². The van der Waals surface area contributed by atoms with E-state index in [0.717, 1.165) is 31.8 Å². The van der Waals surface area contributed by atoms with Gasteiger partial charge < -0.3 is 14.6 Å². The normalized spacial score (nSPS) is 16.9. The molecule has 0 radical (unpaired) electrons. The fourth-order valence-corrected chi connectivity index (χ4v) is 3.94. The fraction of sp³-hybridized carbons (Fsp3) is 0.304. The van der Waals surface area contributed by atoms with Crippen LogP contribution in [0, 0.1) is 0 Å². The number of nitrogens with zero attached hydrogens (tertiary/aromatic N) is 3. The number of likely N-dealkylation sites (tertiary alicyclic amines) is 1. The third-order valence-electron chi connectivity index (χ3n) is 5.42. The second-order valence-corrected chi connectivity index (χ2v) is 7.38. The predicted octanol–water partition coefficient (Wildman–Crippen LogP) is 3.59. The minimum atomic E-state index is 0.0624. The molecule has 2 aromatic carbocycles. The molecule has 0 bridgehead atoms. The van der Waals surface area contributed by atoms with Gasteiger partial charge in [0.25, 0.3) is 0 Å². The second kappa shape index (κ2) is 8.30. The molecule has 5 nitrogen and oxygen atoms in total. The molecule has 1 aromatic heterocycles. The molecule has 1 saturated heterocycles. The zero-order chi connectivity index (χ0) is 19.3. The molecule has 1 atom stereocenters. The Morgan fingerprint density at radius 3 is 2.71 bits per heavy atom. The van der Waals surface area contributed by atoms with Crippen LogP contribution in [0.4, 0.5) is 0 Å². The highest BCUT2D eigenvalue weighted by Gasteiger charge is 2.27. The van der Waals surface area contributed by atoms with Gasteiger partial charge in [-0.05, 0) is 24.5 Å². The summed E-state index contributed by atoms with van der Waals surface area (Å²) >= 11 is 0. The lowest BCUT2D eigenvalue weighted by Gasteiger charge is -2.33. The highest BCUT2D eigenvalue weighted by Crippen LogP contribution is 2.27. The Labute approximate surface area is 165 Å². The number of benzene rings is 2. The maximum Gasteiger partial charge on any atom is 0.227 e. The third kappa shape index (κ3) is 4.09. The van der Waals surface area contributed by atoms with Gasteiger partial charge in [-0.25, -0.2) is 4.98 Å². The van der Waals surface area contributed by atoms with Gasteiger partial charge in [-0.3, -0.25) is 4.79 Å². The average molecular weight is 375 g/mol. The molecule has 3 aromatic rings. The van der Waals surface area contributed by atoms with Gasteiger partial charge >= 0.3 is 0 Å². The number of hydrogen-bond donors (Lipinski definition) is 1. The Morgan fingerprint density at radius 2 is 1.89 bits per heavy atom. The summed E-state index contributed by atoms with van der Waals surface area (Å²) in [6, 6.07) is 17.4. The van der Waals surface area contributed by atoms with Crippen molar-refractivity contribution in [3.05, 3.63) is 83.9 Å². The van der Waals surface area contributed by atoms with E-state index in [1.54, 1.807) is 18.2 Å². The van der Waals surface area contributed by atoms with Crippen molar-refractivity contribution in [2.75, 3.05) is 13.1 Å². The van der Waals surface area contributed by atoms with Crippen LogP contribution < -0.4 is 0 Å². The lowest BCUT2D eigenvalue weighted by molar-refractivity contribution is -0.131. The van der Waals surface area contributed by atoms with Crippen LogP contribution in [-0.4, -0.2) is 38.6 Å². The molecule has 0 spiro atoms. The zero-order valence-electron chi connectivity index (χ0n) is 15.9. The molecular formula is C23H25N3O2. The van der Waals surface area contributed by atoms with Crippen LogP contribution in [0.25, 0.3) is 0 Å². The molecule has 2 heterocycles. The highest BCUT2D eigenvalue weighted by atomic mass is 16.3. The van der Waals surface area contributed by atoms with Crippen molar-refractivity contribution >= 4 is 5.91 Å². The van der Waals surface area contributed by atoms with Crippen LogP contribution >= 0.6 is 0 Å². The molecule has 1 aliphatic rings. The molecule has 1 amide bonds. The summed E-state index contributed by atoms with van der Waals surface area (Å²) in [5, 5.41) is 9.95. The first-order chi connectivity index (χ1) is 13.7. The van der Waals surface area contributed by atoms with E-state index in [1.165, 1.54) is 5.56 Å². The van der Waals surface area contributed by atoms with Crippen molar-refractivity contribution in [3.63, 3.8) is 0 Å². The van der Waals surface area contributed by atoms with Gasteiger partial charge in [-0.15, -0.1) is 0 Å². The van der Waals surface area contributed by atoms with E-state index in [9.17, 15) is 9.90 Å². The number of aromatic nitrogens is 2. The number of imidazole rings is 1. The van der Waals surface area contributed by atoms with Crippen molar-refractivity contribution in [2.45, 2.75) is 31.7 Å². The van der Waals surface area contributed by atoms with Crippen LogP contribution in [0.15, 0.2) is 67.0 Å². The lowest BCUT2D eigenvalue weighted by atomic mass is 9.96. The Balaban J connectivity index is 1.45. The smallest absolute Gasteiger partial charge is 0.227 e. The van der Waals surface area contributed by atoms with Gasteiger partial charge in [0.1, 0.15) is 11.6 Å². The summed E-state index contributed by atoms with van der Waals surface area (Å²) in [4.78, 5) is 19.3. The van der Waals surface area contributed by atoms with Crippen LogP contribution in [-0.2, 0) is 17.8 Å². The Morgan fingerprint density at radius 1 is 1.11 bits per heavy atom. The standard InChI is InChI=1S/C23H25N3O2/c27-21-11-5-4-9-19(21)15-22(28)25-13-6-10-20(17-25)23-24-12-14-26(23)16-18-7-2-1-3-8-18/h1-5,7-9,11-12,14,20,27H,6,10,13,15-17H2/t20-/m0/s1. The molecule has 144 valence electrons. The van der Waals surface area contributed by atoms with E-state index in [0.29, 0.717) is 12.1 Å². The summed E-state index contributed by atoms with van der Waals surface area (Å²) in [5.74, 6) is 1.53. The summed E-state index contributed by atoms with van der Waals surface area (Å²) in [7, 11) is 0. The molecule has 0 aliphatic carbocycles. The first-order valence-corrected chi connectivity index (χ1v) is 9.80. The minimum Gasteiger partial charge on any atom is -0.508 e. The highest BCUT2D eigenvalue weighted by molar-refractivity contribution is 5.79. The summed E-state index contributed by atoms with van der Waals surface area (Å²) in [6.45, 7) is 2.24. The summed E-state index contributed by atoms with van der Waals surface area (Å²) < 4.78 is 2.19.